The molecular weight excluding hydrogens is 358 g/mol. The van der Waals surface area contributed by atoms with E-state index in [-0.39, 0.29) is 12.1 Å². The smallest absolute Gasteiger partial charge is 0.322 e. The molecule has 1 aromatic heterocycles. The number of aromatic nitrogens is 1. The average molecular weight is 376 g/mol. The first-order chi connectivity index (χ1) is 11.0. The molecule has 1 aliphatic rings. The van der Waals surface area contributed by atoms with Crippen molar-refractivity contribution in [2.45, 2.75) is 20.0 Å². The van der Waals surface area contributed by atoms with Crippen molar-refractivity contribution in [3.05, 3.63) is 52.1 Å². The van der Waals surface area contributed by atoms with Gasteiger partial charge in [-0.25, -0.2) is 9.78 Å². The van der Waals surface area contributed by atoms with Crippen molar-refractivity contribution in [2.24, 2.45) is 0 Å². The van der Waals surface area contributed by atoms with Crippen LogP contribution in [0, 0.1) is 13.8 Å². The highest BCUT2D eigenvalue weighted by atomic mass is 79.9. The van der Waals surface area contributed by atoms with Gasteiger partial charge in [0, 0.05) is 11.9 Å². The number of hydrogen-bond donors (Lipinski definition) is 1. The third-order valence-electron chi connectivity index (χ3n) is 3.90. The standard InChI is InChI=1S/C17H18BrN3O2/c1-11-5-6-13(8-12(11)2)20-17(22)21-9-14(10-21)23-16-15(18)4-3-7-19-16/h3-8,14H,9-10H2,1-2H3,(H,20,22). The summed E-state index contributed by atoms with van der Waals surface area (Å²) in [5.41, 5.74) is 3.18. The number of urea groups is 1. The van der Waals surface area contributed by atoms with Gasteiger partial charge in [0.15, 0.2) is 0 Å². The first kappa shape index (κ1) is 15.8. The van der Waals surface area contributed by atoms with Crippen molar-refractivity contribution < 1.29 is 9.53 Å². The molecule has 1 aromatic carbocycles. The Morgan fingerprint density at radius 1 is 1.30 bits per heavy atom. The summed E-state index contributed by atoms with van der Waals surface area (Å²) in [6.07, 6.45) is 1.66. The Bertz CT molecular complexity index is 730. The van der Waals surface area contributed by atoms with Gasteiger partial charge in [0.1, 0.15) is 6.10 Å². The molecule has 1 aliphatic heterocycles. The number of aryl methyl sites for hydroxylation is 2. The molecule has 1 fully saturated rings. The summed E-state index contributed by atoms with van der Waals surface area (Å²) in [5.74, 6) is 0.562. The number of carbonyl (C=O) groups excluding carboxylic acids is 1. The van der Waals surface area contributed by atoms with Gasteiger partial charge in [-0.1, -0.05) is 6.07 Å². The molecule has 0 radical (unpaired) electrons. The van der Waals surface area contributed by atoms with Gasteiger partial charge in [0.2, 0.25) is 5.88 Å². The maximum Gasteiger partial charge on any atom is 0.322 e. The molecule has 23 heavy (non-hydrogen) atoms. The molecular formula is C17H18BrN3O2. The van der Waals surface area contributed by atoms with E-state index < -0.39 is 0 Å². The summed E-state index contributed by atoms with van der Waals surface area (Å²) in [6.45, 7) is 5.19. The Balaban J connectivity index is 1.52. The number of likely N-dealkylation sites (tertiary alicyclic amines) is 1. The SMILES string of the molecule is Cc1ccc(NC(=O)N2CC(Oc3ncccc3Br)C2)cc1C. The molecule has 3 rings (SSSR count). The summed E-state index contributed by atoms with van der Waals surface area (Å²) < 4.78 is 6.58. The van der Waals surface area contributed by atoms with E-state index in [4.69, 9.17) is 4.74 Å². The lowest BCUT2D eigenvalue weighted by atomic mass is 10.1. The van der Waals surface area contributed by atoms with E-state index in [0.717, 1.165) is 15.7 Å². The lowest BCUT2D eigenvalue weighted by Crippen LogP contribution is -2.57. The topological polar surface area (TPSA) is 54.5 Å². The zero-order chi connectivity index (χ0) is 16.4. The van der Waals surface area contributed by atoms with Crippen LogP contribution in [-0.2, 0) is 0 Å². The van der Waals surface area contributed by atoms with E-state index in [0.29, 0.717) is 19.0 Å². The molecule has 1 N–H and O–H groups in total. The van der Waals surface area contributed by atoms with Crippen molar-refractivity contribution in [1.82, 2.24) is 9.88 Å². The zero-order valence-electron chi connectivity index (χ0n) is 13.0. The fourth-order valence-corrected chi connectivity index (χ4v) is 2.66. The largest absolute Gasteiger partial charge is 0.470 e. The van der Waals surface area contributed by atoms with E-state index in [9.17, 15) is 4.79 Å². The molecule has 120 valence electrons. The number of amides is 2. The van der Waals surface area contributed by atoms with Gasteiger partial charge in [-0.3, -0.25) is 0 Å². The molecule has 0 bridgehead atoms. The van der Waals surface area contributed by atoms with Crippen LogP contribution >= 0.6 is 15.9 Å². The number of hydrogen-bond acceptors (Lipinski definition) is 3. The van der Waals surface area contributed by atoms with Gasteiger partial charge in [-0.15, -0.1) is 0 Å². The maximum atomic E-state index is 12.2. The van der Waals surface area contributed by atoms with Crippen LogP contribution in [0.3, 0.4) is 0 Å². The van der Waals surface area contributed by atoms with Crippen molar-refractivity contribution >= 4 is 27.6 Å². The Labute approximate surface area is 143 Å². The maximum absolute atomic E-state index is 12.2. The van der Waals surface area contributed by atoms with E-state index >= 15 is 0 Å². The number of halogens is 1. The monoisotopic (exact) mass is 375 g/mol. The number of ether oxygens (including phenoxy) is 1. The van der Waals surface area contributed by atoms with Crippen LogP contribution in [0.4, 0.5) is 10.5 Å². The van der Waals surface area contributed by atoms with Crippen LogP contribution in [0.2, 0.25) is 0 Å². The normalized spacial score (nSPS) is 14.3. The van der Waals surface area contributed by atoms with Gasteiger partial charge in [0.25, 0.3) is 0 Å². The molecule has 0 aliphatic carbocycles. The van der Waals surface area contributed by atoms with Gasteiger partial charge < -0.3 is 15.0 Å². The predicted octanol–water partition coefficient (Wildman–Crippen LogP) is 3.76. The van der Waals surface area contributed by atoms with Crippen LogP contribution in [0.1, 0.15) is 11.1 Å². The van der Waals surface area contributed by atoms with Crippen molar-refractivity contribution in [3.8, 4) is 5.88 Å². The van der Waals surface area contributed by atoms with Gasteiger partial charge in [0.05, 0.1) is 17.6 Å². The Kier molecular flexibility index (Phi) is 4.52. The van der Waals surface area contributed by atoms with Crippen molar-refractivity contribution in [3.63, 3.8) is 0 Å². The molecule has 0 unspecified atom stereocenters. The van der Waals surface area contributed by atoms with E-state index in [1.165, 1.54) is 5.56 Å². The quantitative estimate of drug-likeness (QED) is 0.888. The lowest BCUT2D eigenvalue weighted by molar-refractivity contribution is 0.0455. The van der Waals surface area contributed by atoms with Crippen LogP contribution < -0.4 is 10.1 Å². The van der Waals surface area contributed by atoms with Gasteiger partial charge in [-0.2, -0.15) is 0 Å². The van der Waals surface area contributed by atoms with Crippen molar-refractivity contribution in [1.29, 1.82) is 0 Å². The summed E-state index contributed by atoms with van der Waals surface area (Å²) in [5, 5.41) is 2.91. The fraction of sp³-hybridized carbons (Fsp3) is 0.294. The second-order valence-corrected chi connectivity index (χ2v) is 6.52. The number of pyridine rings is 1. The summed E-state index contributed by atoms with van der Waals surface area (Å²) >= 11 is 3.40. The molecule has 5 nitrogen and oxygen atoms in total. The minimum Gasteiger partial charge on any atom is -0.470 e. The number of nitrogens with one attached hydrogen (secondary N) is 1. The van der Waals surface area contributed by atoms with Gasteiger partial charge >= 0.3 is 6.03 Å². The van der Waals surface area contributed by atoms with E-state index in [1.54, 1.807) is 11.1 Å². The zero-order valence-corrected chi connectivity index (χ0v) is 14.6. The number of benzene rings is 1. The Hall–Kier alpha value is -2.08. The molecule has 1 saturated heterocycles. The second-order valence-electron chi connectivity index (χ2n) is 5.66. The third kappa shape index (κ3) is 3.64. The van der Waals surface area contributed by atoms with Crippen LogP contribution in [0.15, 0.2) is 41.0 Å². The molecule has 0 spiro atoms. The summed E-state index contributed by atoms with van der Waals surface area (Å²) in [4.78, 5) is 18.1. The molecule has 2 heterocycles. The summed E-state index contributed by atoms with van der Waals surface area (Å²) in [7, 11) is 0. The lowest BCUT2D eigenvalue weighted by Gasteiger charge is -2.38. The first-order valence-corrected chi connectivity index (χ1v) is 8.22. The number of nitrogens with zero attached hydrogens (tertiary/aromatic N) is 2. The first-order valence-electron chi connectivity index (χ1n) is 7.43. The van der Waals surface area contributed by atoms with Crippen LogP contribution in [0.25, 0.3) is 0 Å². The highest BCUT2D eigenvalue weighted by molar-refractivity contribution is 9.10. The number of carbonyl (C=O) groups is 1. The van der Waals surface area contributed by atoms with Crippen LogP contribution in [0.5, 0.6) is 5.88 Å². The van der Waals surface area contributed by atoms with Gasteiger partial charge in [-0.05, 0) is 65.2 Å². The molecule has 0 atom stereocenters. The fourth-order valence-electron chi connectivity index (χ4n) is 2.32. The predicted molar refractivity (Wildman–Crippen MR) is 92.9 cm³/mol. The Morgan fingerprint density at radius 3 is 2.78 bits per heavy atom. The average Bonchev–Trinajstić information content (AvgIpc) is 2.48. The number of rotatable bonds is 3. The molecule has 2 aromatic rings. The third-order valence-corrected chi connectivity index (χ3v) is 4.50. The highest BCUT2D eigenvalue weighted by Gasteiger charge is 2.33. The van der Waals surface area contributed by atoms with E-state index in [1.807, 2.05) is 44.2 Å². The van der Waals surface area contributed by atoms with Crippen molar-refractivity contribution in [2.75, 3.05) is 18.4 Å². The highest BCUT2D eigenvalue weighted by Crippen LogP contribution is 2.24. The number of anilines is 1. The van der Waals surface area contributed by atoms with E-state index in [2.05, 4.69) is 26.2 Å². The minimum atomic E-state index is -0.104. The molecule has 6 heteroatoms. The molecule has 2 amide bonds. The second kappa shape index (κ2) is 6.58. The van der Waals surface area contributed by atoms with Crippen LogP contribution in [-0.4, -0.2) is 35.1 Å². The molecule has 0 saturated carbocycles. The Morgan fingerprint density at radius 2 is 2.09 bits per heavy atom. The minimum absolute atomic E-state index is 0.0216. The summed E-state index contributed by atoms with van der Waals surface area (Å²) in [6, 6.07) is 9.51.